The highest BCUT2D eigenvalue weighted by atomic mass is 19.1. The Hall–Kier alpha value is -1.58. The van der Waals surface area contributed by atoms with E-state index in [1.807, 2.05) is 6.07 Å². The Bertz CT molecular complexity index is 388. The summed E-state index contributed by atoms with van der Waals surface area (Å²) in [6, 6.07) is 6.75. The minimum absolute atomic E-state index is 0.192. The first-order valence-electron chi connectivity index (χ1n) is 6.31. The maximum Gasteiger partial charge on any atom is 0.191 e. The summed E-state index contributed by atoms with van der Waals surface area (Å²) in [6.45, 7) is 5.66. The van der Waals surface area contributed by atoms with Crippen molar-refractivity contribution in [2.24, 2.45) is 10.9 Å². The second-order valence-electron chi connectivity index (χ2n) is 4.63. The molecule has 100 valence electrons. The van der Waals surface area contributed by atoms with E-state index in [0.29, 0.717) is 24.0 Å². The average molecular weight is 251 g/mol. The van der Waals surface area contributed by atoms with Crippen LogP contribution >= 0.6 is 0 Å². The third-order valence-electron chi connectivity index (χ3n) is 2.64. The lowest BCUT2D eigenvalue weighted by Crippen LogP contribution is -2.37. The number of benzene rings is 1. The standard InChI is InChI=1S/C14H22FN3/c1-11(2)8-9-17-14(16-3)18-10-12-6-4-5-7-13(12)15/h4-7,11H,8-10H2,1-3H3,(H2,16,17,18). The van der Waals surface area contributed by atoms with Gasteiger partial charge in [0.15, 0.2) is 5.96 Å². The van der Waals surface area contributed by atoms with E-state index in [4.69, 9.17) is 0 Å². The molecule has 0 aromatic heterocycles. The quantitative estimate of drug-likeness (QED) is 0.623. The highest BCUT2D eigenvalue weighted by molar-refractivity contribution is 5.79. The number of aliphatic imine (C=N–C) groups is 1. The number of halogens is 1. The molecule has 1 aromatic carbocycles. The van der Waals surface area contributed by atoms with Gasteiger partial charge in [-0.3, -0.25) is 4.99 Å². The fraction of sp³-hybridized carbons (Fsp3) is 0.500. The molecule has 0 spiro atoms. The Kier molecular flexibility index (Phi) is 6.19. The molecule has 0 heterocycles. The van der Waals surface area contributed by atoms with E-state index in [2.05, 4.69) is 29.5 Å². The van der Waals surface area contributed by atoms with Crippen LogP contribution in [-0.2, 0) is 6.54 Å². The van der Waals surface area contributed by atoms with Crippen LogP contribution in [0.5, 0.6) is 0 Å². The van der Waals surface area contributed by atoms with E-state index >= 15 is 0 Å². The first-order valence-corrected chi connectivity index (χ1v) is 6.31. The van der Waals surface area contributed by atoms with Crippen LogP contribution in [0.3, 0.4) is 0 Å². The molecule has 0 unspecified atom stereocenters. The zero-order valence-corrected chi connectivity index (χ0v) is 11.3. The first kappa shape index (κ1) is 14.5. The molecule has 0 aliphatic rings. The molecule has 0 saturated carbocycles. The van der Waals surface area contributed by atoms with Crippen molar-refractivity contribution in [3.8, 4) is 0 Å². The van der Waals surface area contributed by atoms with Crippen LogP contribution in [0.2, 0.25) is 0 Å². The van der Waals surface area contributed by atoms with Crippen molar-refractivity contribution in [2.45, 2.75) is 26.8 Å². The lowest BCUT2D eigenvalue weighted by Gasteiger charge is -2.13. The predicted octanol–water partition coefficient (Wildman–Crippen LogP) is 2.54. The van der Waals surface area contributed by atoms with E-state index in [0.717, 1.165) is 13.0 Å². The van der Waals surface area contributed by atoms with Gasteiger partial charge in [0.1, 0.15) is 5.82 Å². The Morgan fingerprint density at radius 2 is 2.00 bits per heavy atom. The molecule has 4 heteroatoms. The van der Waals surface area contributed by atoms with Gasteiger partial charge in [-0.05, 0) is 18.4 Å². The van der Waals surface area contributed by atoms with Crippen molar-refractivity contribution < 1.29 is 4.39 Å². The van der Waals surface area contributed by atoms with Crippen molar-refractivity contribution in [2.75, 3.05) is 13.6 Å². The van der Waals surface area contributed by atoms with Crippen LogP contribution in [0, 0.1) is 11.7 Å². The van der Waals surface area contributed by atoms with Gasteiger partial charge in [-0.2, -0.15) is 0 Å². The molecule has 0 saturated heterocycles. The number of rotatable bonds is 5. The van der Waals surface area contributed by atoms with Gasteiger partial charge in [-0.15, -0.1) is 0 Å². The van der Waals surface area contributed by atoms with Gasteiger partial charge in [0.2, 0.25) is 0 Å². The summed E-state index contributed by atoms with van der Waals surface area (Å²) in [6.07, 6.45) is 1.08. The van der Waals surface area contributed by atoms with Crippen LogP contribution in [0.4, 0.5) is 4.39 Å². The van der Waals surface area contributed by atoms with Gasteiger partial charge in [-0.1, -0.05) is 32.0 Å². The van der Waals surface area contributed by atoms with E-state index in [1.54, 1.807) is 19.2 Å². The third kappa shape index (κ3) is 5.17. The Morgan fingerprint density at radius 3 is 2.61 bits per heavy atom. The smallest absolute Gasteiger partial charge is 0.191 e. The SMILES string of the molecule is CN=C(NCCC(C)C)NCc1ccccc1F. The lowest BCUT2D eigenvalue weighted by atomic mass is 10.1. The minimum atomic E-state index is -0.192. The summed E-state index contributed by atoms with van der Waals surface area (Å²) in [4.78, 5) is 4.10. The lowest BCUT2D eigenvalue weighted by molar-refractivity contribution is 0.572. The summed E-state index contributed by atoms with van der Waals surface area (Å²) in [5, 5.41) is 6.31. The van der Waals surface area contributed by atoms with Gasteiger partial charge in [0.25, 0.3) is 0 Å². The Labute approximate surface area is 109 Å². The second kappa shape index (κ2) is 7.69. The van der Waals surface area contributed by atoms with Gasteiger partial charge in [-0.25, -0.2) is 4.39 Å². The third-order valence-corrected chi connectivity index (χ3v) is 2.64. The molecule has 0 aliphatic heterocycles. The van der Waals surface area contributed by atoms with Crippen LogP contribution in [0.25, 0.3) is 0 Å². The number of nitrogens with zero attached hydrogens (tertiary/aromatic N) is 1. The van der Waals surface area contributed by atoms with Crippen LogP contribution in [-0.4, -0.2) is 19.6 Å². The summed E-state index contributed by atoms with van der Waals surface area (Å²) < 4.78 is 13.4. The number of hydrogen-bond acceptors (Lipinski definition) is 1. The molecule has 1 rings (SSSR count). The van der Waals surface area contributed by atoms with Gasteiger partial charge in [0, 0.05) is 25.7 Å². The van der Waals surface area contributed by atoms with Gasteiger partial charge >= 0.3 is 0 Å². The highest BCUT2D eigenvalue weighted by Gasteiger charge is 2.02. The summed E-state index contributed by atoms with van der Waals surface area (Å²) >= 11 is 0. The zero-order chi connectivity index (χ0) is 13.4. The minimum Gasteiger partial charge on any atom is -0.356 e. The summed E-state index contributed by atoms with van der Waals surface area (Å²) in [5.41, 5.74) is 0.643. The van der Waals surface area contributed by atoms with Crippen molar-refractivity contribution in [1.29, 1.82) is 0 Å². The summed E-state index contributed by atoms with van der Waals surface area (Å²) in [7, 11) is 1.71. The van der Waals surface area contributed by atoms with Crippen molar-refractivity contribution >= 4 is 5.96 Å². The number of nitrogens with one attached hydrogen (secondary N) is 2. The predicted molar refractivity (Wildman–Crippen MR) is 74.1 cm³/mol. The monoisotopic (exact) mass is 251 g/mol. The van der Waals surface area contributed by atoms with Crippen LogP contribution in [0.15, 0.2) is 29.3 Å². The Morgan fingerprint density at radius 1 is 1.28 bits per heavy atom. The molecule has 1 aromatic rings. The molecule has 0 aliphatic carbocycles. The molecule has 0 bridgehead atoms. The first-order chi connectivity index (χ1) is 8.63. The van der Waals surface area contributed by atoms with Crippen LogP contribution in [0.1, 0.15) is 25.8 Å². The van der Waals surface area contributed by atoms with Crippen molar-refractivity contribution in [3.63, 3.8) is 0 Å². The largest absolute Gasteiger partial charge is 0.356 e. The van der Waals surface area contributed by atoms with E-state index in [-0.39, 0.29) is 5.82 Å². The fourth-order valence-corrected chi connectivity index (χ4v) is 1.52. The number of hydrogen-bond donors (Lipinski definition) is 2. The van der Waals surface area contributed by atoms with Crippen molar-refractivity contribution in [3.05, 3.63) is 35.6 Å². The average Bonchev–Trinajstić information content (AvgIpc) is 2.35. The second-order valence-corrected chi connectivity index (χ2v) is 4.63. The maximum absolute atomic E-state index is 13.4. The normalized spacial score (nSPS) is 11.7. The summed E-state index contributed by atoms with van der Waals surface area (Å²) in [5.74, 6) is 1.17. The molecule has 0 atom stereocenters. The zero-order valence-electron chi connectivity index (χ0n) is 11.3. The molecule has 18 heavy (non-hydrogen) atoms. The molecule has 2 N–H and O–H groups in total. The van der Waals surface area contributed by atoms with Gasteiger partial charge < -0.3 is 10.6 Å². The van der Waals surface area contributed by atoms with Crippen LogP contribution < -0.4 is 10.6 Å². The molecule has 3 nitrogen and oxygen atoms in total. The van der Waals surface area contributed by atoms with Crippen molar-refractivity contribution in [1.82, 2.24) is 10.6 Å². The topological polar surface area (TPSA) is 36.4 Å². The molecular weight excluding hydrogens is 229 g/mol. The Balaban J connectivity index is 2.39. The molecule has 0 amide bonds. The fourth-order valence-electron chi connectivity index (χ4n) is 1.52. The van der Waals surface area contributed by atoms with E-state index in [9.17, 15) is 4.39 Å². The molecule has 0 radical (unpaired) electrons. The van der Waals surface area contributed by atoms with E-state index in [1.165, 1.54) is 6.07 Å². The van der Waals surface area contributed by atoms with E-state index < -0.39 is 0 Å². The molecule has 0 fully saturated rings. The maximum atomic E-state index is 13.4. The number of guanidine groups is 1. The highest BCUT2D eigenvalue weighted by Crippen LogP contribution is 2.05. The molecular formula is C14H22FN3. The van der Waals surface area contributed by atoms with Gasteiger partial charge in [0.05, 0.1) is 0 Å².